The molecule has 1 aliphatic rings. The maximum Gasteiger partial charge on any atom is 0.407 e. The zero-order valence-corrected chi connectivity index (χ0v) is 18.1. The number of esters is 2. The van der Waals surface area contributed by atoms with E-state index < -0.39 is 17.8 Å². The van der Waals surface area contributed by atoms with Gasteiger partial charge < -0.3 is 19.5 Å². The Bertz CT molecular complexity index is 697. The molecule has 2 rings (SSSR count). The lowest BCUT2D eigenvalue weighted by atomic mass is 9.84. The first-order valence-electron chi connectivity index (χ1n) is 10.6. The number of nitrogens with one attached hydrogen (secondary N) is 1. The van der Waals surface area contributed by atoms with Crippen LogP contribution in [0.2, 0.25) is 0 Å². The molecule has 30 heavy (non-hydrogen) atoms. The molecule has 0 heterocycles. The third kappa shape index (κ3) is 8.05. The average molecular weight is 420 g/mol. The van der Waals surface area contributed by atoms with Crippen molar-refractivity contribution in [3.63, 3.8) is 0 Å². The molecule has 1 N–H and O–H groups in total. The Morgan fingerprint density at radius 1 is 1.07 bits per heavy atom. The monoisotopic (exact) mass is 419 g/mol. The van der Waals surface area contributed by atoms with Gasteiger partial charge in [-0.3, -0.25) is 9.59 Å². The van der Waals surface area contributed by atoms with Crippen LogP contribution in [0.1, 0.15) is 71.0 Å². The summed E-state index contributed by atoms with van der Waals surface area (Å²) in [6.45, 7) is 5.36. The molecule has 1 unspecified atom stereocenters. The summed E-state index contributed by atoms with van der Waals surface area (Å²) in [4.78, 5) is 35.9. The van der Waals surface area contributed by atoms with Gasteiger partial charge in [-0.25, -0.2) is 4.79 Å². The molecule has 1 fully saturated rings. The summed E-state index contributed by atoms with van der Waals surface area (Å²) in [5, 5.41) is 2.71. The molecule has 0 aliphatic heterocycles. The van der Waals surface area contributed by atoms with Crippen LogP contribution in [-0.4, -0.2) is 36.8 Å². The molecule has 1 aliphatic carbocycles. The van der Waals surface area contributed by atoms with Gasteiger partial charge in [-0.2, -0.15) is 0 Å². The number of hydrogen-bond acceptors (Lipinski definition) is 6. The minimum absolute atomic E-state index is 0.0970. The molecule has 1 atom stereocenters. The molecule has 0 radical (unpaired) electrons. The molecule has 1 aromatic carbocycles. The Labute approximate surface area is 178 Å². The van der Waals surface area contributed by atoms with Crippen LogP contribution in [0, 0.1) is 5.92 Å². The summed E-state index contributed by atoms with van der Waals surface area (Å²) >= 11 is 0. The highest BCUT2D eigenvalue weighted by Crippen LogP contribution is 2.31. The third-order valence-electron chi connectivity index (χ3n) is 5.07. The lowest BCUT2D eigenvalue weighted by Crippen LogP contribution is -2.47. The fraction of sp³-hybridized carbons (Fsp3) is 0.609. The van der Waals surface area contributed by atoms with Gasteiger partial charge in [0.05, 0.1) is 6.54 Å². The lowest BCUT2D eigenvalue weighted by Gasteiger charge is -2.36. The van der Waals surface area contributed by atoms with Gasteiger partial charge in [-0.05, 0) is 37.2 Å². The van der Waals surface area contributed by atoms with Crippen LogP contribution in [0.25, 0.3) is 0 Å². The second kappa shape index (κ2) is 11.6. The highest BCUT2D eigenvalue weighted by molar-refractivity contribution is 5.70. The number of carbonyl (C=O) groups excluding carboxylic acids is 3. The van der Waals surface area contributed by atoms with Crippen molar-refractivity contribution in [3.8, 4) is 0 Å². The minimum atomic E-state index is -0.680. The van der Waals surface area contributed by atoms with Crippen LogP contribution in [0.15, 0.2) is 30.3 Å². The fourth-order valence-corrected chi connectivity index (χ4v) is 3.66. The number of ether oxygens (including phenoxy) is 3. The number of rotatable bonds is 9. The van der Waals surface area contributed by atoms with E-state index in [9.17, 15) is 14.4 Å². The largest absolute Gasteiger partial charge is 0.457 e. The van der Waals surface area contributed by atoms with E-state index in [1.165, 1.54) is 6.92 Å². The average Bonchev–Trinajstić information content (AvgIpc) is 2.70. The van der Waals surface area contributed by atoms with Crippen molar-refractivity contribution >= 4 is 18.0 Å². The zero-order chi connectivity index (χ0) is 22.0. The van der Waals surface area contributed by atoms with Crippen LogP contribution < -0.4 is 5.32 Å². The molecule has 1 aromatic rings. The molecular formula is C23H33NO6. The Morgan fingerprint density at radius 3 is 2.33 bits per heavy atom. The number of amides is 1. The van der Waals surface area contributed by atoms with Crippen molar-refractivity contribution in [2.75, 3.05) is 13.2 Å². The number of hydrogen-bond donors (Lipinski definition) is 1. The van der Waals surface area contributed by atoms with E-state index in [4.69, 9.17) is 14.2 Å². The van der Waals surface area contributed by atoms with Gasteiger partial charge in [0.25, 0.3) is 0 Å². The lowest BCUT2D eigenvalue weighted by molar-refractivity contribution is -0.160. The van der Waals surface area contributed by atoms with Crippen molar-refractivity contribution in [1.82, 2.24) is 5.32 Å². The SMILES string of the molecule is CC(=O)OC1(CNC(=O)OCC(OC(=O)CC(C)C)c2ccccc2)CCCCC1. The molecular weight excluding hydrogens is 386 g/mol. The van der Waals surface area contributed by atoms with E-state index >= 15 is 0 Å². The normalized spacial score (nSPS) is 16.4. The summed E-state index contributed by atoms with van der Waals surface area (Å²) in [5.74, 6) is -0.516. The fourth-order valence-electron chi connectivity index (χ4n) is 3.66. The van der Waals surface area contributed by atoms with Crippen LogP contribution >= 0.6 is 0 Å². The quantitative estimate of drug-likeness (QED) is 0.474. The van der Waals surface area contributed by atoms with Crippen molar-refractivity contribution in [2.24, 2.45) is 5.92 Å². The van der Waals surface area contributed by atoms with Crippen molar-refractivity contribution in [2.45, 2.75) is 71.0 Å². The van der Waals surface area contributed by atoms with Gasteiger partial charge in [-0.15, -0.1) is 0 Å². The number of carbonyl (C=O) groups is 3. The van der Waals surface area contributed by atoms with Crippen LogP contribution in [0.5, 0.6) is 0 Å². The Balaban J connectivity index is 1.92. The Hall–Kier alpha value is -2.57. The van der Waals surface area contributed by atoms with Crippen molar-refractivity contribution in [3.05, 3.63) is 35.9 Å². The highest BCUT2D eigenvalue weighted by Gasteiger charge is 2.35. The standard InChI is InChI=1S/C23H33NO6/c1-17(2)14-21(26)29-20(19-10-6-4-7-11-19)15-28-22(27)24-16-23(30-18(3)25)12-8-5-9-13-23/h4,6-7,10-11,17,20H,5,8-9,12-16H2,1-3H3,(H,24,27). The maximum absolute atomic E-state index is 12.3. The first-order chi connectivity index (χ1) is 14.3. The molecule has 0 aromatic heterocycles. The van der Waals surface area contributed by atoms with Crippen molar-refractivity contribution in [1.29, 1.82) is 0 Å². The van der Waals surface area contributed by atoms with Gasteiger partial charge in [0.1, 0.15) is 12.2 Å². The van der Waals surface area contributed by atoms with Gasteiger partial charge in [0.15, 0.2) is 6.10 Å². The summed E-state index contributed by atoms with van der Waals surface area (Å²) in [5.41, 5.74) is 0.0807. The van der Waals surface area contributed by atoms with E-state index in [1.54, 1.807) is 0 Å². The van der Waals surface area contributed by atoms with Crippen LogP contribution in [0.3, 0.4) is 0 Å². The van der Waals surface area contributed by atoms with E-state index in [0.29, 0.717) is 19.3 Å². The summed E-state index contributed by atoms with van der Waals surface area (Å²) in [6.07, 6.45) is 3.40. The zero-order valence-electron chi connectivity index (χ0n) is 18.1. The molecule has 0 bridgehead atoms. The van der Waals surface area contributed by atoms with Crippen LogP contribution in [0.4, 0.5) is 4.79 Å². The maximum atomic E-state index is 12.3. The van der Waals surface area contributed by atoms with E-state index in [0.717, 1.165) is 24.8 Å². The smallest absolute Gasteiger partial charge is 0.407 e. The van der Waals surface area contributed by atoms with E-state index in [2.05, 4.69) is 5.32 Å². The van der Waals surface area contributed by atoms with E-state index in [-0.39, 0.29) is 31.0 Å². The van der Waals surface area contributed by atoms with Gasteiger partial charge in [0, 0.05) is 13.3 Å². The minimum Gasteiger partial charge on any atom is -0.457 e. The molecule has 1 saturated carbocycles. The molecule has 7 nitrogen and oxygen atoms in total. The second-order valence-electron chi connectivity index (χ2n) is 8.28. The highest BCUT2D eigenvalue weighted by atomic mass is 16.6. The number of benzene rings is 1. The van der Waals surface area contributed by atoms with Crippen LogP contribution in [-0.2, 0) is 23.8 Å². The molecule has 1 amide bonds. The predicted octanol–water partition coefficient (Wildman–Crippen LogP) is 4.31. The molecule has 0 saturated heterocycles. The molecule has 0 spiro atoms. The van der Waals surface area contributed by atoms with Gasteiger partial charge in [-0.1, -0.05) is 50.6 Å². The Morgan fingerprint density at radius 2 is 1.73 bits per heavy atom. The predicted molar refractivity (Wildman–Crippen MR) is 112 cm³/mol. The van der Waals surface area contributed by atoms with Gasteiger partial charge in [0.2, 0.25) is 0 Å². The number of alkyl carbamates (subject to hydrolysis) is 1. The summed E-state index contributed by atoms with van der Waals surface area (Å²) in [7, 11) is 0. The summed E-state index contributed by atoms with van der Waals surface area (Å²) in [6, 6.07) is 9.19. The topological polar surface area (TPSA) is 90.9 Å². The first kappa shape index (κ1) is 23.7. The molecule has 7 heteroatoms. The summed E-state index contributed by atoms with van der Waals surface area (Å²) < 4.78 is 16.4. The first-order valence-corrected chi connectivity index (χ1v) is 10.6. The third-order valence-corrected chi connectivity index (χ3v) is 5.07. The second-order valence-corrected chi connectivity index (χ2v) is 8.28. The Kier molecular flexibility index (Phi) is 9.15. The van der Waals surface area contributed by atoms with Crippen molar-refractivity contribution < 1.29 is 28.6 Å². The van der Waals surface area contributed by atoms with E-state index in [1.807, 2.05) is 44.2 Å². The molecule has 166 valence electrons. The van der Waals surface area contributed by atoms with Gasteiger partial charge >= 0.3 is 18.0 Å².